The molecule has 0 bridgehead atoms. The second-order valence-electron chi connectivity index (χ2n) is 3.23. The Morgan fingerprint density at radius 3 is 2.81 bits per heavy atom. The van der Waals surface area contributed by atoms with Crippen molar-refractivity contribution in [3.05, 3.63) is 46.8 Å². The molecule has 2 aromatic heterocycles. The van der Waals surface area contributed by atoms with Crippen LogP contribution in [0.3, 0.4) is 0 Å². The highest BCUT2D eigenvalue weighted by Gasteiger charge is 1.98. The second-order valence-corrected chi connectivity index (χ2v) is 5.14. The Hall–Kier alpha value is -1.07. The zero-order valence-corrected chi connectivity index (χ0v) is 10.8. The van der Waals surface area contributed by atoms with Crippen molar-refractivity contribution in [1.29, 1.82) is 0 Å². The molecular weight excluding hydrogens is 286 g/mol. The van der Waals surface area contributed by atoms with E-state index in [0.717, 1.165) is 20.8 Å². The number of nitrogen functional groups attached to an aromatic ring is 1. The first kappa shape index (κ1) is 11.4. The Morgan fingerprint density at radius 2 is 2.12 bits per heavy atom. The molecule has 82 valence electrons. The largest absolute Gasteiger partial charge is 0.397 e. The van der Waals surface area contributed by atoms with Crippen LogP contribution in [0, 0.1) is 0 Å². The molecule has 0 unspecified atom stereocenters. The molecule has 0 aliphatic heterocycles. The molecule has 5 heteroatoms. The SMILES string of the molecule is Nc1ccc(SCc2cncc(Br)c2)nc1. The summed E-state index contributed by atoms with van der Waals surface area (Å²) in [5, 5.41) is 0.967. The van der Waals surface area contributed by atoms with Gasteiger partial charge in [0.1, 0.15) is 0 Å². The molecule has 16 heavy (non-hydrogen) atoms. The summed E-state index contributed by atoms with van der Waals surface area (Å²) in [6, 6.07) is 5.83. The van der Waals surface area contributed by atoms with Gasteiger partial charge in [-0.15, -0.1) is 11.8 Å². The quantitative estimate of drug-likeness (QED) is 0.884. The van der Waals surface area contributed by atoms with E-state index in [1.165, 1.54) is 0 Å². The van der Waals surface area contributed by atoms with Crippen molar-refractivity contribution < 1.29 is 0 Å². The maximum absolute atomic E-state index is 5.57. The number of halogens is 1. The molecule has 0 aromatic carbocycles. The minimum Gasteiger partial charge on any atom is -0.397 e. The van der Waals surface area contributed by atoms with Gasteiger partial charge in [-0.2, -0.15) is 0 Å². The normalized spacial score (nSPS) is 10.3. The Balaban J connectivity index is 1.99. The van der Waals surface area contributed by atoms with Crippen LogP contribution < -0.4 is 5.73 Å². The van der Waals surface area contributed by atoms with Gasteiger partial charge < -0.3 is 5.73 Å². The van der Waals surface area contributed by atoms with Crippen molar-refractivity contribution in [2.45, 2.75) is 10.8 Å². The molecule has 2 rings (SSSR count). The number of aromatic nitrogens is 2. The molecule has 0 radical (unpaired) electrons. The Bertz CT molecular complexity index is 473. The molecule has 0 atom stereocenters. The minimum atomic E-state index is 0.688. The number of nitrogens with two attached hydrogens (primary N) is 1. The fourth-order valence-electron chi connectivity index (χ4n) is 1.17. The van der Waals surface area contributed by atoms with E-state index in [0.29, 0.717) is 5.69 Å². The molecule has 0 saturated heterocycles. The van der Waals surface area contributed by atoms with E-state index in [1.807, 2.05) is 18.3 Å². The lowest BCUT2D eigenvalue weighted by atomic mass is 10.3. The summed E-state index contributed by atoms with van der Waals surface area (Å²) in [6.45, 7) is 0. The lowest BCUT2D eigenvalue weighted by Crippen LogP contribution is -1.88. The molecule has 0 spiro atoms. The Kier molecular flexibility index (Phi) is 3.79. The van der Waals surface area contributed by atoms with E-state index in [2.05, 4.69) is 32.0 Å². The number of anilines is 1. The number of hydrogen-bond donors (Lipinski definition) is 1. The average Bonchev–Trinajstić information content (AvgIpc) is 2.28. The first-order valence-electron chi connectivity index (χ1n) is 4.68. The molecule has 0 aliphatic carbocycles. The van der Waals surface area contributed by atoms with Gasteiger partial charge in [-0.25, -0.2) is 4.98 Å². The topological polar surface area (TPSA) is 51.8 Å². The summed E-state index contributed by atoms with van der Waals surface area (Å²) in [5.41, 5.74) is 7.42. The van der Waals surface area contributed by atoms with Crippen LogP contribution in [0.1, 0.15) is 5.56 Å². The van der Waals surface area contributed by atoms with Crippen molar-refractivity contribution in [2.24, 2.45) is 0 Å². The van der Waals surface area contributed by atoms with E-state index >= 15 is 0 Å². The van der Waals surface area contributed by atoms with E-state index in [9.17, 15) is 0 Å². The summed E-state index contributed by atoms with van der Waals surface area (Å²) < 4.78 is 0.996. The lowest BCUT2D eigenvalue weighted by molar-refractivity contribution is 1.13. The van der Waals surface area contributed by atoms with Crippen LogP contribution in [0.2, 0.25) is 0 Å². The van der Waals surface area contributed by atoms with Gasteiger partial charge in [-0.3, -0.25) is 4.98 Å². The molecule has 0 saturated carbocycles. The third kappa shape index (κ3) is 3.21. The van der Waals surface area contributed by atoms with E-state index in [4.69, 9.17) is 5.73 Å². The van der Waals surface area contributed by atoms with Crippen LogP contribution in [0.5, 0.6) is 0 Å². The maximum Gasteiger partial charge on any atom is 0.0964 e. The monoisotopic (exact) mass is 295 g/mol. The summed E-state index contributed by atoms with van der Waals surface area (Å²) in [7, 11) is 0. The van der Waals surface area contributed by atoms with Crippen molar-refractivity contribution in [3.8, 4) is 0 Å². The number of rotatable bonds is 3. The van der Waals surface area contributed by atoms with Gasteiger partial charge >= 0.3 is 0 Å². The molecular formula is C11H10BrN3S. The highest BCUT2D eigenvalue weighted by atomic mass is 79.9. The first-order chi connectivity index (χ1) is 7.74. The first-order valence-corrected chi connectivity index (χ1v) is 6.45. The standard InChI is InChI=1S/C11H10BrN3S/c12-9-3-8(4-14-5-9)7-16-11-2-1-10(13)6-15-11/h1-6H,7,13H2. The summed E-state index contributed by atoms with van der Waals surface area (Å²) in [4.78, 5) is 8.33. The predicted octanol–water partition coefficient (Wildman–Crippen LogP) is 3.11. The predicted molar refractivity (Wildman–Crippen MR) is 70.1 cm³/mol. The van der Waals surface area contributed by atoms with Crippen LogP contribution >= 0.6 is 27.7 Å². The van der Waals surface area contributed by atoms with Crippen molar-refractivity contribution >= 4 is 33.4 Å². The van der Waals surface area contributed by atoms with Gasteiger partial charge in [0.15, 0.2) is 0 Å². The van der Waals surface area contributed by atoms with Gasteiger partial charge in [0, 0.05) is 22.6 Å². The second kappa shape index (κ2) is 5.32. The molecule has 2 N–H and O–H groups in total. The van der Waals surface area contributed by atoms with Gasteiger partial charge in [-0.05, 0) is 39.7 Å². The van der Waals surface area contributed by atoms with Gasteiger partial charge in [-0.1, -0.05) is 0 Å². The summed E-state index contributed by atoms with van der Waals surface area (Å²) in [6.07, 6.45) is 5.30. The summed E-state index contributed by atoms with van der Waals surface area (Å²) >= 11 is 5.06. The Morgan fingerprint density at radius 1 is 1.25 bits per heavy atom. The molecule has 2 aromatic rings. The fourth-order valence-corrected chi connectivity index (χ4v) is 2.35. The molecule has 2 heterocycles. The molecule has 0 aliphatic rings. The van der Waals surface area contributed by atoms with Crippen LogP contribution in [-0.4, -0.2) is 9.97 Å². The van der Waals surface area contributed by atoms with Crippen molar-refractivity contribution in [3.63, 3.8) is 0 Å². The fraction of sp³-hybridized carbons (Fsp3) is 0.0909. The van der Waals surface area contributed by atoms with Crippen molar-refractivity contribution in [2.75, 3.05) is 5.73 Å². The van der Waals surface area contributed by atoms with Crippen LogP contribution in [0.25, 0.3) is 0 Å². The minimum absolute atomic E-state index is 0.688. The van der Waals surface area contributed by atoms with Crippen LogP contribution in [0.4, 0.5) is 5.69 Å². The zero-order valence-electron chi connectivity index (χ0n) is 8.43. The average molecular weight is 296 g/mol. The number of thioether (sulfide) groups is 1. The molecule has 0 fully saturated rings. The lowest BCUT2D eigenvalue weighted by Gasteiger charge is -2.01. The van der Waals surface area contributed by atoms with E-state index in [-0.39, 0.29) is 0 Å². The smallest absolute Gasteiger partial charge is 0.0964 e. The van der Waals surface area contributed by atoms with Gasteiger partial charge in [0.2, 0.25) is 0 Å². The third-order valence-corrected chi connectivity index (χ3v) is 3.36. The van der Waals surface area contributed by atoms with Gasteiger partial charge in [0.05, 0.1) is 16.9 Å². The highest BCUT2D eigenvalue weighted by Crippen LogP contribution is 2.22. The third-order valence-electron chi connectivity index (χ3n) is 1.91. The molecule has 0 amide bonds. The highest BCUT2D eigenvalue weighted by molar-refractivity contribution is 9.10. The van der Waals surface area contributed by atoms with E-state index < -0.39 is 0 Å². The van der Waals surface area contributed by atoms with Crippen molar-refractivity contribution in [1.82, 2.24) is 9.97 Å². The number of pyridine rings is 2. The van der Waals surface area contributed by atoms with Gasteiger partial charge in [0.25, 0.3) is 0 Å². The Labute approximate surface area is 107 Å². The number of nitrogens with zero attached hydrogens (tertiary/aromatic N) is 2. The summed E-state index contributed by atoms with van der Waals surface area (Å²) in [5.74, 6) is 0.851. The van der Waals surface area contributed by atoms with Crippen LogP contribution in [-0.2, 0) is 5.75 Å². The van der Waals surface area contributed by atoms with Crippen LogP contribution in [0.15, 0.2) is 46.3 Å². The maximum atomic E-state index is 5.57. The zero-order chi connectivity index (χ0) is 11.4. The number of hydrogen-bond acceptors (Lipinski definition) is 4. The molecule has 3 nitrogen and oxygen atoms in total. The van der Waals surface area contributed by atoms with E-state index in [1.54, 1.807) is 24.2 Å².